The number of methoxy groups -OCH3 is 1. The van der Waals surface area contributed by atoms with Crippen LogP contribution in [-0.2, 0) is 27.2 Å². The number of carbonyl (C=O) groups is 4. The zero-order chi connectivity index (χ0) is 42.3. The van der Waals surface area contributed by atoms with E-state index in [2.05, 4.69) is 21.3 Å². The number of hydrogen-bond acceptors (Lipinski definition) is 9. The van der Waals surface area contributed by atoms with Gasteiger partial charge in [0.15, 0.2) is 0 Å². The van der Waals surface area contributed by atoms with Crippen molar-refractivity contribution >= 4 is 70.2 Å². The first kappa shape index (κ1) is 45.5. The maximum Gasteiger partial charge on any atom is 0.328 e. The van der Waals surface area contributed by atoms with Crippen LogP contribution in [0.25, 0.3) is 0 Å². The lowest BCUT2D eigenvalue weighted by atomic mass is 10.0. The Morgan fingerprint density at radius 3 is 1.32 bits per heavy atom. The van der Waals surface area contributed by atoms with Gasteiger partial charge < -0.3 is 40.6 Å². The summed E-state index contributed by atoms with van der Waals surface area (Å²) in [6.45, 7) is 3.80. The standard InChI is InChI=1S/C22H24Cl2N2O4.C21H22Cl2N2O4/c1-29-22(28)19(26-21(27)20-17(23)3-2-4-18(20)24)13-14-5-7-15(8-6-14)30-16-9-11-25-12-10-16;22-16-2-1-3-17(23)19(16)20(26)25-18(21(27)28)12-13-4-6-14(7-5-13)29-15-8-10-24-11-9-15/h2-8,16,19,25H,9-13H2,1H3,(H,26,27);1-7,15,18,24H,8-12H2,(H,25,26)(H,27,28)/t19-;18-/m00/s1. The Labute approximate surface area is 363 Å². The number of hydrogen-bond donors (Lipinski definition) is 5. The maximum absolute atomic E-state index is 12.7. The van der Waals surface area contributed by atoms with E-state index in [4.69, 9.17) is 60.6 Å². The number of aliphatic carboxylic acids is 1. The van der Waals surface area contributed by atoms with E-state index in [0.29, 0.717) is 0 Å². The van der Waals surface area contributed by atoms with Gasteiger partial charge in [0.25, 0.3) is 11.8 Å². The van der Waals surface area contributed by atoms with E-state index in [-0.39, 0.29) is 56.3 Å². The lowest BCUT2D eigenvalue weighted by Crippen LogP contribution is -2.43. The Balaban J connectivity index is 0.000000224. The molecule has 0 saturated carbocycles. The predicted octanol–water partition coefficient (Wildman–Crippen LogP) is 7.19. The molecule has 2 heterocycles. The third-order valence-electron chi connectivity index (χ3n) is 9.68. The smallest absolute Gasteiger partial charge is 0.328 e. The Kier molecular flexibility index (Phi) is 17.5. The van der Waals surface area contributed by atoms with E-state index in [1.807, 2.05) is 36.4 Å². The topological polar surface area (TPSA) is 164 Å². The predicted molar refractivity (Wildman–Crippen MR) is 228 cm³/mol. The Hall–Kier alpha value is -4.56. The number of carboxylic acids is 1. The Bertz CT molecular complexity index is 2000. The lowest BCUT2D eigenvalue weighted by molar-refractivity contribution is -0.143. The number of amides is 2. The maximum atomic E-state index is 12.7. The van der Waals surface area contributed by atoms with Crippen LogP contribution < -0.4 is 30.7 Å². The summed E-state index contributed by atoms with van der Waals surface area (Å²) >= 11 is 24.3. The van der Waals surface area contributed by atoms with Crippen molar-refractivity contribution < 1.29 is 38.5 Å². The van der Waals surface area contributed by atoms with Gasteiger partial charge in [-0.25, -0.2) is 9.59 Å². The third-order valence-corrected chi connectivity index (χ3v) is 10.9. The van der Waals surface area contributed by atoms with Crippen LogP contribution in [0.1, 0.15) is 57.5 Å². The largest absolute Gasteiger partial charge is 0.490 e. The molecule has 2 aliphatic rings. The molecule has 314 valence electrons. The van der Waals surface area contributed by atoms with Gasteiger partial charge >= 0.3 is 11.9 Å². The number of rotatable bonds is 14. The fourth-order valence-corrected chi connectivity index (χ4v) is 7.66. The molecule has 2 aliphatic heterocycles. The Morgan fingerprint density at radius 2 is 0.966 bits per heavy atom. The second-order valence-corrected chi connectivity index (χ2v) is 15.6. The summed E-state index contributed by atoms with van der Waals surface area (Å²) in [6, 6.07) is 22.2. The van der Waals surface area contributed by atoms with Crippen LogP contribution in [0.3, 0.4) is 0 Å². The van der Waals surface area contributed by atoms with Crippen molar-refractivity contribution in [2.45, 2.75) is 62.8 Å². The minimum absolute atomic E-state index is 0.0628. The molecule has 0 aromatic heterocycles. The minimum Gasteiger partial charge on any atom is -0.490 e. The first-order valence-corrected chi connectivity index (χ1v) is 20.7. The highest BCUT2D eigenvalue weighted by Gasteiger charge is 2.26. The molecule has 2 saturated heterocycles. The van der Waals surface area contributed by atoms with Crippen molar-refractivity contribution in [1.82, 2.24) is 21.3 Å². The quantitative estimate of drug-likeness (QED) is 0.0820. The lowest BCUT2D eigenvalue weighted by Gasteiger charge is -2.24. The first-order chi connectivity index (χ1) is 28.4. The summed E-state index contributed by atoms with van der Waals surface area (Å²) in [7, 11) is 1.28. The molecule has 0 spiro atoms. The van der Waals surface area contributed by atoms with Crippen molar-refractivity contribution in [3.05, 3.63) is 127 Å². The zero-order valence-electron chi connectivity index (χ0n) is 32.3. The number of benzene rings is 4. The SMILES string of the molecule is COC(=O)[C@H](Cc1ccc(OC2CCNCC2)cc1)NC(=O)c1c(Cl)cccc1Cl.O=C(N[C@@H](Cc1ccc(OC2CCNCC2)cc1)C(=O)O)c1c(Cl)cccc1Cl. The van der Waals surface area contributed by atoms with Crippen molar-refractivity contribution in [2.75, 3.05) is 33.3 Å². The van der Waals surface area contributed by atoms with E-state index in [1.54, 1.807) is 36.4 Å². The molecule has 5 N–H and O–H groups in total. The van der Waals surface area contributed by atoms with Gasteiger partial charge in [-0.3, -0.25) is 9.59 Å². The van der Waals surface area contributed by atoms with Crippen molar-refractivity contribution in [3.8, 4) is 11.5 Å². The molecular formula is C43H46Cl4N4O8. The summed E-state index contributed by atoms with van der Waals surface area (Å²) < 4.78 is 16.8. The minimum atomic E-state index is -1.14. The average Bonchev–Trinajstić information content (AvgIpc) is 3.22. The highest BCUT2D eigenvalue weighted by atomic mass is 35.5. The van der Waals surface area contributed by atoms with Crippen LogP contribution in [0.5, 0.6) is 11.5 Å². The number of carboxylic acid groups (broad SMARTS) is 1. The van der Waals surface area contributed by atoms with Gasteiger partial charge in [-0.1, -0.05) is 82.8 Å². The summed E-state index contributed by atoms with van der Waals surface area (Å²) in [5.74, 6) is -1.32. The van der Waals surface area contributed by atoms with Crippen molar-refractivity contribution in [3.63, 3.8) is 0 Å². The van der Waals surface area contributed by atoms with E-state index in [9.17, 15) is 24.3 Å². The average molecular weight is 889 g/mol. The molecule has 0 aliphatic carbocycles. The molecule has 12 nitrogen and oxygen atoms in total. The van der Waals surface area contributed by atoms with E-state index in [0.717, 1.165) is 74.5 Å². The van der Waals surface area contributed by atoms with E-state index < -0.39 is 35.8 Å². The van der Waals surface area contributed by atoms with E-state index >= 15 is 0 Å². The summed E-state index contributed by atoms with van der Waals surface area (Å²) in [5.41, 5.74) is 1.81. The highest BCUT2D eigenvalue weighted by Crippen LogP contribution is 2.26. The second-order valence-electron chi connectivity index (χ2n) is 13.9. The first-order valence-electron chi connectivity index (χ1n) is 19.1. The van der Waals surface area contributed by atoms with Gasteiger partial charge in [-0.2, -0.15) is 0 Å². The van der Waals surface area contributed by atoms with Crippen molar-refractivity contribution in [2.24, 2.45) is 0 Å². The number of carbonyl (C=O) groups excluding carboxylic acids is 3. The molecule has 0 bridgehead atoms. The molecule has 2 atom stereocenters. The van der Waals surface area contributed by atoms with Crippen LogP contribution in [0, 0.1) is 0 Å². The fourth-order valence-electron chi connectivity index (χ4n) is 6.52. The molecule has 6 rings (SSSR count). The van der Waals surface area contributed by atoms with Crippen LogP contribution in [-0.4, -0.2) is 86.4 Å². The van der Waals surface area contributed by atoms with Gasteiger partial charge in [-0.05, 0) is 112 Å². The molecule has 4 aromatic carbocycles. The molecular weight excluding hydrogens is 842 g/mol. The summed E-state index contributed by atoms with van der Waals surface area (Å²) in [4.78, 5) is 49.1. The molecule has 0 radical (unpaired) electrons. The fraction of sp³-hybridized carbons (Fsp3) is 0.349. The molecule has 16 heteroatoms. The summed E-state index contributed by atoms with van der Waals surface area (Å²) in [5, 5.41) is 22.0. The van der Waals surface area contributed by atoms with Gasteiger partial charge in [0, 0.05) is 12.8 Å². The molecule has 0 unspecified atom stereocenters. The van der Waals surface area contributed by atoms with Crippen LogP contribution in [0.4, 0.5) is 0 Å². The molecule has 59 heavy (non-hydrogen) atoms. The van der Waals surface area contributed by atoms with Gasteiger partial charge in [-0.15, -0.1) is 0 Å². The highest BCUT2D eigenvalue weighted by molar-refractivity contribution is 6.40. The van der Waals surface area contributed by atoms with Gasteiger partial charge in [0.1, 0.15) is 35.8 Å². The van der Waals surface area contributed by atoms with Crippen molar-refractivity contribution in [1.29, 1.82) is 0 Å². The van der Waals surface area contributed by atoms with Crippen LogP contribution >= 0.6 is 46.4 Å². The summed E-state index contributed by atoms with van der Waals surface area (Å²) in [6.07, 6.45) is 4.64. The molecule has 4 aromatic rings. The van der Waals surface area contributed by atoms with Crippen LogP contribution in [0.15, 0.2) is 84.9 Å². The number of ether oxygens (including phenoxy) is 3. The van der Waals surface area contributed by atoms with Gasteiger partial charge in [0.2, 0.25) is 0 Å². The van der Waals surface area contributed by atoms with E-state index in [1.165, 1.54) is 19.2 Å². The van der Waals surface area contributed by atoms with Gasteiger partial charge in [0.05, 0.1) is 38.3 Å². The molecule has 2 amide bonds. The number of halogens is 4. The second kappa shape index (κ2) is 22.7. The van der Waals surface area contributed by atoms with Crippen LogP contribution in [0.2, 0.25) is 20.1 Å². The molecule has 2 fully saturated rings. The number of nitrogens with one attached hydrogen (secondary N) is 4. The third kappa shape index (κ3) is 13.7. The number of piperidine rings is 2. The zero-order valence-corrected chi connectivity index (χ0v) is 35.3. The monoisotopic (exact) mass is 886 g/mol. The number of esters is 1. The Morgan fingerprint density at radius 1 is 0.610 bits per heavy atom. The normalized spacial score (nSPS) is 15.4.